The standard InChI is InChI=1S/C12H13N3O2/c1-14(12(17)15-6-5-13-9-15)8-10-3-2-4-11(16)7-10/h2-7,9,16H,8H2,1H3. The van der Waals surface area contributed by atoms with E-state index in [2.05, 4.69) is 4.98 Å². The molecule has 1 aromatic carbocycles. The van der Waals surface area contributed by atoms with Crippen LogP contribution < -0.4 is 0 Å². The molecule has 0 atom stereocenters. The fraction of sp³-hybridized carbons (Fsp3) is 0.167. The highest BCUT2D eigenvalue weighted by Crippen LogP contribution is 2.12. The molecule has 5 nitrogen and oxygen atoms in total. The number of benzene rings is 1. The molecule has 0 aliphatic carbocycles. The number of hydrogen-bond acceptors (Lipinski definition) is 3. The molecule has 0 aliphatic rings. The maximum atomic E-state index is 11.9. The van der Waals surface area contributed by atoms with E-state index < -0.39 is 0 Å². The fourth-order valence-corrected chi connectivity index (χ4v) is 1.57. The molecule has 17 heavy (non-hydrogen) atoms. The van der Waals surface area contributed by atoms with Gasteiger partial charge in [-0.1, -0.05) is 12.1 Å². The zero-order valence-electron chi connectivity index (χ0n) is 9.45. The van der Waals surface area contributed by atoms with Crippen LogP contribution in [-0.2, 0) is 6.54 Å². The quantitative estimate of drug-likeness (QED) is 0.855. The van der Waals surface area contributed by atoms with Crippen molar-refractivity contribution in [2.24, 2.45) is 0 Å². The van der Waals surface area contributed by atoms with Crippen molar-refractivity contribution in [3.8, 4) is 5.75 Å². The van der Waals surface area contributed by atoms with Crippen molar-refractivity contribution >= 4 is 6.03 Å². The third-order valence-electron chi connectivity index (χ3n) is 2.38. The van der Waals surface area contributed by atoms with Gasteiger partial charge in [0, 0.05) is 26.0 Å². The summed E-state index contributed by atoms with van der Waals surface area (Å²) in [6.07, 6.45) is 4.61. The lowest BCUT2D eigenvalue weighted by Gasteiger charge is -2.17. The summed E-state index contributed by atoms with van der Waals surface area (Å²) >= 11 is 0. The minimum atomic E-state index is -0.161. The minimum Gasteiger partial charge on any atom is -0.508 e. The molecular weight excluding hydrogens is 218 g/mol. The lowest BCUT2D eigenvalue weighted by Crippen LogP contribution is -2.29. The van der Waals surface area contributed by atoms with Crippen LogP contribution in [0.4, 0.5) is 4.79 Å². The highest BCUT2D eigenvalue weighted by atomic mass is 16.3. The smallest absolute Gasteiger partial charge is 0.329 e. The number of aromatic hydroxyl groups is 1. The number of hydrogen-bond donors (Lipinski definition) is 1. The van der Waals surface area contributed by atoms with Gasteiger partial charge in [0.25, 0.3) is 0 Å². The molecule has 88 valence electrons. The van der Waals surface area contributed by atoms with Crippen molar-refractivity contribution in [1.82, 2.24) is 14.5 Å². The second-order valence-electron chi connectivity index (χ2n) is 3.78. The van der Waals surface area contributed by atoms with Crippen LogP contribution in [0, 0.1) is 0 Å². The molecule has 5 heteroatoms. The van der Waals surface area contributed by atoms with Crippen LogP contribution in [0.2, 0.25) is 0 Å². The van der Waals surface area contributed by atoms with E-state index in [9.17, 15) is 9.90 Å². The lowest BCUT2D eigenvalue weighted by molar-refractivity contribution is 0.208. The maximum Gasteiger partial charge on any atom is 0.329 e. The number of carbonyl (C=O) groups excluding carboxylic acids is 1. The number of amides is 1. The number of rotatable bonds is 2. The predicted octanol–water partition coefficient (Wildman–Crippen LogP) is 1.69. The van der Waals surface area contributed by atoms with E-state index in [4.69, 9.17) is 0 Å². The van der Waals surface area contributed by atoms with E-state index in [1.807, 2.05) is 6.07 Å². The first-order valence-corrected chi connectivity index (χ1v) is 5.18. The highest BCUT2D eigenvalue weighted by Gasteiger charge is 2.10. The van der Waals surface area contributed by atoms with Gasteiger partial charge in [-0.2, -0.15) is 0 Å². The van der Waals surface area contributed by atoms with Crippen LogP contribution in [0.5, 0.6) is 5.75 Å². The topological polar surface area (TPSA) is 58.4 Å². The average Bonchev–Trinajstić information content (AvgIpc) is 2.81. The molecule has 0 saturated carbocycles. The Bertz CT molecular complexity index is 508. The molecule has 0 saturated heterocycles. The van der Waals surface area contributed by atoms with Crippen molar-refractivity contribution in [1.29, 1.82) is 0 Å². The monoisotopic (exact) mass is 231 g/mol. The van der Waals surface area contributed by atoms with Crippen LogP contribution in [0.15, 0.2) is 43.0 Å². The number of phenolic OH excluding ortho intramolecular Hbond substituents is 1. The summed E-state index contributed by atoms with van der Waals surface area (Å²) in [5, 5.41) is 9.33. The summed E-state index contributed by atoms with van der Waals surface area (Å²) < 4.78 is 1.41. The average molecular weight is 231 g/mol. The van der Waals surface area contributed by atoms with Gasteiger partial charge in [-0.15, -0.1) is 0 Å². The second kappa shape index (κ2) is 4.69. The van der Waals surface area contributed by atoms with E-state index in [1.54, 1.807) is 42.5 Å². The summed E-state index contributed by atoms with van der Waals surface area (Å²) in [6, 6.07) is 6.68. The molecular formula is C12H13N3O2. The molecule has 0 fully saturated rings. The Kier molecular flexibility index (Phi) is 3.09. The van der Waals surface area contributed by atoms with Gasteiger partial charge in [-0.25, -0.2) is 9.78 Å². The number of imidazole rings is 1. The zero-order valence-corrected chi connectivity index (χ0v) is 9.45. The second-order valence-corrected chi connectivity index (χ2v) is 3.78. The molecule has 0 spiro atoms. The summed E-state index contributed by atoms with van der Waals surface area (Å²) in [5.41, 5.74) is 0.876. The van der Waals surface area contributed by atoms with E-state index in [-0.39, 0.29) is 11.8 Å². The molecule has 1 aromatic heterocycles. The Hall–Kier alpha value is -2.30. The lowest BCUT2D eigenvalue weighted by atomic mass is 10.2. The summed E-state index contributed by atoms with van der Waals surface area (Å²) in [7, 11) is 1.70. The third-order valence-corrected chi connectivity index (χ3v) is 2.38. The van der Waals surface area contributed by atoms with Crippen LogP contribution in [0.25, 0.3) is 0 Å². The van der Waals surface area contributed by atoms with E-state index >= 15 is 0 Å². The normalized spacial score (nSPS) is 10.2. The predicted molar refractivity (Wildman–Crippen MR) is 62.6 cm³/mol. The Morgan fingerprint density at radius 3 is 3.00 bits per heavy atom. The molecule has 0 bridgehead atoms. The van der Waals surface area contributed by atoms with Crippen LogP contribution in [0.1, 0.15) is 5.56 Å². The van der Waals surface area contributed by atoms with Crippen molar-refractivity contribution in [3.05, 3.63) is 48.5 Å². The van der Waals surface area contributed by atoms with Crippen LogP contribution in [0.3, 0.4) is 0 Å². The van der Waals surface area contributed by atoms with Gasteiger partial charge in [-0.3, -0.25) is 4.57 Å². The Morgan fingerprint density at radius 2 is 2.35 bits per heavy atom. The van der Waals surface area contributed by atoms with Crippen molar-refractivity contribution < 1.29 is 9.90 Å². The maximum absolute atomic E-state index is 11.9. The fourth-order valence-electron chi connectivity index (χ4n) is 1.57. The van der Waals surface area contributed by atoms with Crippen molar-refractivity contribution in [2.75, 3.05) is 7.05 Å². The summed E-state index contributed by atoms with van der Waals surface area (Å²) in [4.78, 5) is 17.3. The molecule has 0 aliphatic heterocycles. The number of nitrogens with zero attached hydrogens (tertiary/aromatic N) is 3. The molecule has 1 N–H and O–H groups in total. The van der Waals surface area contributed by atoms with Gasteiger partial charge in [-0.05, 0) is 17.7 Å². The number of aromatic nitrogens is 2. The Balaban J connectivity index is 2.07. The molecule has 0 radical (unpaired) electrons. The van der Waals surface area contributed by atoms with E-state index in [0.29, 0.717) is 6.54 Å². The Labute approximate surface area is 98.9 Å². The first kappa shape index (κ1) is 11.2. The molecule has 0 unspecified atom stereocenters. The number of carbonyl (C=O) groups is 1. The summed E-state index contributed by atoms with van der Waals surface area (Å²) in [6.45, 7) is 0.436. The molecule has 2 aromatic rings. The first-order valence-electron chi connectivity index (χ1n) is 5.18. The van der Waals surface area contributed by atoms with Gasteiger partial charge < -0.3 is 10.0 Å². The molecule has 2 rings (SSSR count). The van der Waals surface area contributed by atoms with E-state index in [0.717, 1.165) is 5.56 Å². The Morgan fingerprint density at radius 1 is 1.53 bits per heavy atom. The minimum absolute atomic E-state index is 0.161. The first-order chi connectivity index (χ1) is 8.16. The zero-order chi connectivity index (χ0) is 12.3. The SMILES string of the molecule is CN(Cc1cccc(O)c1)C(=O)n1ccnc1. The van der Waals surface area contributed by atoms with E-state index in [1.165, 1.54) is 10.9 Å². The molecule has 1 amide bonds. The largest absolute Gasteiger partial charge is 0.508 e. The van der Waals surface area contributed by atoms with Gasteiger partial charge in [0.1, 0.15) is 12.1 Å². The third kappa shape index (κ3) is 2.63. The number of phenols is 1. The molecule has 1 heterocycles. The summed E-state index contributed by atoms with van der Waals surface area (Å²) in [5.74, 6) is 0.200. The van der Waals surface area contributed by atoms with Crippen molar-refractivity contribution in [2.45, 2.75) is 6.54 Å². The van der Waals surface area contributed by atoms with Gasteiger partial charge in [0.2, 0.25) is 0 Å². The van der Waals surface area contributed by atoms with Crippen LogP contribution in [-0.4, -0.2) is 32.6 Å². The highest BCUT2D eigenvalue weighted by molar-refractivity contribution is 5.76. The van der Waals surface area contributed by atoms with Gasteiger partial charge >= 0.3 is 6.03 Å². The van der Waals surface area contributed by atoms with Gasteiger partial charge in [0.15, 0.2) is 0 Å². The van der Waals surface area contributed by atoms with Crippen LogP contribution >= 0.6 is 0 Å². The van der Waals surface area contributed by atoms with Gasteiger partial charge in [0.05, 0.1) is 0 Å². The van der Waals surface area contributed by atoms with Crippen molar-refractivity contribution in [3.63, 3.8) is 0 Å².